The van der Waals surface area contributed by atoms with Crippen molar-refractivity contribution in [2.45, 2.75) is 58.0 Å². The van der Waals surface area contributed by atoms with Crippen LogP contribution in [0.2, 0.25) is 0 Å². The number of nitrogens with zero attached hydrogens (tertiary/aromatic N) is 2. The Morgan fingerprint density at radius 3 is 2.30 bits per heavy atom. The van der Waals surface area contributed by atoms with Gasteiger partial charge >= 0.3 is 0 Å². The van der Waals surface area contributed by atoms with Crippen LogP contribution < -0.4 is 0 Å². The summed E-state index contributed by atoms with van der Waals surface area (Å²) in [5, 5.41) is 0. The fraction of sp³-hybridized carbons (Fsp3) is 0.462. The van der Waals surface area contributed by atoms with E-state index in [4.69, 9.17) is 0 Å². The molecule has 0 aliphatic carbocycles. The molecule has 2 atom stereocenters. The van der Waals surface area contributed by atoms with Crippen molar-refractivity contribution in [2.75, 3.05) is 19.6 Å². The topological polar surface area (TPSA) is 40.6 Å². The van der Waals surface area contributed by atoms with Crippen LogP contribution in [0.3, 0.4) is 0 Å². The quantitative estimate of drug-likeness (QED) is 0.767. The third kappa shape index (κ3) is 4.81. The summed E-state index contributed by atoms with van der Waals surface area (Å²) in [6.07, 6.45) is 4.17. The van der Waals surface area contributed by atoms with E-state index < -0.39 is 0 Å². The maximum atomic E-state index is 13.5. The molecule has 4 heteroatoms. The molecular weight excluding hydrogens is 372 g/mol. The molecule has 2 aromatic carbocycles. The number of benzene rings is 2. The van der Waals surface area contributed by atoms with Crippen LogP contribution in [0, 0.1) is 13.8 Å². The van der Waals surface area contributed by atoms with Gasteiger partial charge in [0.15, 0.2) is 0 Å². The maximum absolute atomic E-state index is 13.5. The number of Topliss-reactive ketones (excluding diaryl/α,β-unsaturated/α-hetero) is 1. The normalized spacial score (nSPS) is 22.9. The van der Waals surface area contributed by atoms with Crippen molar-refractivity contribution in [3.05, 3.63) is 70.8 Å². The highest BCUT2D eigenvalue weighted by Crippen LogP contribution is 2.28. The number of aryl methyl sites for hydroxylation is 2. The molecule has 2 aliphatic rings. The highest BCUT2D eigenvalue weighted by atomic mass is 16.2. The molecule has 0 N–H and O–H groups in total. The Balaban J connectivity index is 1.55. The summed E-state index contributed by atoms with van der Waals surface area (Å²) in [6.45, 7) is 6.61. The summed E-state index contributed by atoms with van der Waals surface area (Å²) in [4.78, 5) is 29.8. The lowest BCUT2D eigenvalue weighted by molar-refractivity contribution is -0.122. The van der Waals surface area contributed by atoms with E-state index in [0.29, 0.717) is 24.7 Å². The minimum atomic E-state index is 0.148. The van der Waals surface area contributed by atoms with Crippen molar-refractivity contribution in [3.8, 4) is 0 Å². The lowest BCUT2D eigenvalue weighted by atomic mass is 9.89. The molecule has 0 spiro atoms. The molecule has 4 rings (SSSR count). The van der Waals surface area contributed by atoms with Gasteiger partial charge < -0.3 is 4.90 Å². The minimum absolute atomic E-state index is 0.148. The molecule has 2 fully saturated rings. The van der Waals surface area contributed by atoms with Gasteiger partial charge in [0.05, 0.1) is 0 Å². The second kappa shape index (κ2) is 9.13. The van der Waals surface area contributed by atoms with Crippen molar-refractivity contribution in [1.29, 1.82) is 0 Å². The average molecular weight is 405 g/mol. The van der Waals surface area contributed by atoms with Gasteiger partial charge in [-0.2, -0.15) is 0 Å². The molecule has 30 heavy (non-hydrogen) atoms. The van der Waals surface area contributed by atoms with Crippen LogP contribution in [0.15, 0.2) is 48.5 Å². The number of carbonyl (C=O) groups is 2. The van der Waals surface area contributed by atoms with E-state index in [-0.39, 0.29) is 11.9 Å². The Morgan fingerprint density at radius 2 is 1.63 bits per heavy atom. The van der Waals surface area contributed by atoms with Crippen LogP contribution in [0.25, 0.3) is 0 Å². The van der Waals surface area contributed by atoms with E-state index in [9.17, 15) is 9.59 Å². The molecule has 158 valence electrons. The second-order valence-corrected chi connectivity index (χ2v) is 8.97. The predicted molar refractivity (Wildman–Crippen MR) is 120 cm³/mol. The van der Waals surface area contributed by atoms with Crippen LogP contribution in [0.4, 0.5) is 0 Å². The Hall–Kier alpha value is -2.46. The number of likely N-dealkylation sites (tertiary alicyclic amines) is 2. The van der Waals surface area contributed by atoms with Crippen LogP contribution >= 0.6 is 0 Å². The molecule has 2 aliphatic heterocycles. The summed E-state index contributed by atoms with van der Waals surface area (Å²) < 4.78 is 0. The van der Waals surface area contributed by atoms with E-state index in [1.807, 2.05) is 18.2 Å². The van der Waals surface area contributed by atoms with Crippen LogP contribution in [-0.2, 0) is 11.2 Å². The van der Waals surface area contributed by atoms with Crippen molar-refractivity contribution in [3.63, 3.8) is 0 Å². The molecule has 0 saturated carbocycles. The molecule has 0 radical (unpaired) electrons. The van der Waals surface area contributed by atoms with Gasteiger partial charge in [0, 0.05) is 50.1 Å². The standard InChI is InChI=1S/C26H32N2O2/c1-19-14-20(2)16-22(15-19)26(30)28-13-8-23(27-11-9-25(29)10-12-27)18-24(28)17-21-6-4-3-5-7-21/h3-7,14-16,23-24H,8-13,17-18H2,1-2H3. The third-order valence-corrected chi connectivity index (χ3v) is 6.60. The Labute approximate surface area is 179 Å². The fourth-order valence-corrected chi connectivity index (χ4v) is 5.11. The zero-order valence-electron chi connectivity index (χ0n) is 18.1. The van der Waals surface area contributed by atoms with Gasteiger partial charge in [-0.15, -0.1) is 0 Å². The molecule has 4 nitrogen and oxygen atoms in total. The summed E-state index contributed by atoms with van der Waals surface area (Å²) in [6, 6.07) is 17.3. The smallest absolute Gasteiger partial charge is 0.254 e. The van der Waals surface area contributed by atoms with E-state index in [1.54, 1.807) is 0 Å². The highest BCUT2D eigenvalue weighted by Gasteiger charge is 2.35. The molecule has 2 saturated heterocycles. The molecule has 2 heterocycles. The first-order chi connectivity index (χ1) is 14.5. The van der Waals surface area contributed by atoms with Crippen LogP contribution in [0.5, 0.6) is 0 Å². The summed E-state index contributed by atoms with van der Waals surface area (Å²) >= 11 is 0. The molecule has 0 bridgehead atoms. The number of hydrogen-bond donors (Lipinski definition) is 0. The first kappa shape index (κ1) is 20.8. The van der Waals surface area contributed by atoms with Crippen LogP contribution in [-0.4, -0.2) is 53.2 Å². The predicted octanol–water partition coefficient (Wildman–Crippen LogP) is 4.18. The molecular formula is C26H32N2O2. The number of ketones is 1. The number of rotatable bonds is 4. The van der Waals surface area contributed by atoms with Crippen molar-refractivity contribution in [2.24, 2.45) is 0 Å². The summed E-state index contributed by atoms with van der Waals surface area (Å²) in [5.74, 6) is 0.532. The zero-order chi connectivity index (χ0) is 21.1. The van der Waals surface area contributed by atoms with Gasteiger partial charge in [0.1, 0.15) is 5.78 Å². The van der Waals surface area contributed by atoms with E-state index in [1.165, 1.54) is 5.56 Å². The highest BCUT2D eigenvalue weighted by molar-refractivity contribution is 5.95. The summed E-state index contributed by atoms with van der Waals surface area (Å²) in [5.41, 5.74) is 4.33. The number of piperidine rings is 2. The maximum Gasteiger partial charge on any atom is 0.254 e. The Kier molecular flexibility index (Phi) is 6.33. The molecule has 2 unspecified atom stereocenters. The van der Waals surface area contributed by atoms with Gasteiger partial charge in [-0.1, -0.05) is 47.5 Å². The third-order valence-electron chi connectivity index (χ3n) is 6.60. The summed E-state index contributed by atoms with van der Waals surface area (Å²) in [7, 11) is 0. The first-order valence-corrected chi connectivity index (χ1v) is 11.2. The monoisotopic (exact) mass is 404 g/mol. The molecule has 1 amide bonds. The van der Waals surface area contributed by atoms with Gasteiger partial charge in [-0.05, 0) is 50.8 Å². The van der Waals surface area contributed by atoms with Crippen molar-refractivity contribution >= 4 is 11.7 Å². The number of amides is 1. The van der Waals surface area contributed by atoms with Gasteiger partial charge in [0.25, 0.3) is 5.91 Å². The van der Waals surface area contributed by atoms with Gasteiger partial charge in [-0.3, -0.25) is 14.5 Å². The minimum Gasteiger partial charge on any atom is -0.335 e. The second-order valence-electron chi connectivity index (χ2n) is 8.97. The zero-order valence-corrected chi connectivity index (χ0v) is 18.1. The first-order valence-electron chi connectivity index (χ1n) is 11.2. The average Bonchev–Trinajstić information content (AvgIpc) is 2.74. The van der Waals surface area contributed by atoms with Gasteiger partial charge in [0.2, 0.25) is 0 Å². The molecule has 0 aromatic heterocycles. The number of carbonyl (C=O) groups excluding carboxylic acids is 2. The lowest BCUT2D eigenvalue weighted by Gasteiger charge is -2.44. The number of hydrogen-bond acceptors (Lipinski definition) is 3. The van der Waals surface area contributed by atoms with E-state index >= 15 is 0 Å². The SMILES string of the molecule is Cc1cc(C)cc(C(=O)N2CCC(N3CCC(=O)CC3)CC2Cc2ccccc2)c1. The Bertz CT molecular complexity index is 878. The molecule has 2 aromatic rings. The van der Waals surface area contributed by atoms with Crippen LogP contribution in [0.1, 0.15) is 52.7 Å². The fourth-order valence-electron chi connectivity index (χ4n) is 5.11. The van der Waals surface area contributed by atoms with E-state index in [2.05, 4.69) is 54.0 Å². The van der Waals surface area contributed by atoms with E-state index in [0.717, 1.165) is 55.6 Å². The largest absolute Gasteiger partial charge is 0.335 e. The van der Waals surface area contributed by atoms with Crippen molar-refractivity contribution < 1.29 is 9.59 Å². The van der Waals surface area contributed by atoms with Gasteiger partial charge in [-0.25, -0.2) is 0 Å². The Morgan fingerprint density at radius 1 is 0.967 bits per heavy atom. The lowest BCUT2D eigenvalue weighted by Crippen LogP contribution is -2.54. The van der Waals surface area contributed by atoms with Crippen molar-refractivity contribution in [1.82, 2.24) is 9.80 Å².